The molecule has 21 heavy (non-hydrogen) atoms. The van der Waals surface area contributed by atoms with Crippen molar-refractivity contribution in [2.24, 2.45) is 5.84 Å². The van der Waals surface area contributed by atoms with E-state index in [2.05, 4.69) is 21.4 Å². The molecule has 0 bridgehead atoms. The summed E-state index contributed by atoms with van der Waals surface area (Å²) in [4.78, 5) is 0. The number of benzene rings is 2. The molecule has 0 heterocycles. The fourth-order valence-corrected chi connectivity index (χ4v) is 2.78. The quantitative estimate of drug-likeness (QED) is 0.615. The van der Waals surface area contributed by atoms with Crippen molar-refractivity contribution in [2.45, 2.75) is 12.5 Å². The van der Waals surface area contributed by atoms with Crippen molar-refractivity contribution in [1.29, 1.82) is 0 Å². The number of hydrogen-bond acceptors (Lipinski definition) is 3. The first kappa shape index (κ1) is 16.2. The van der Waals surface area contributed by atoms with Gasteiger partial charge in [-0.2, -0.15) is 0 Å². The fraction of sp³-hybridized carbons (Fsp3) is 0.200. The molecule has 0 aromatic heterocycles. The number of rotatable bonds is 5. The van der Waals surface area contributed by atoms with Gasteiger partial charge in [0.15, 0.2) is 0 Å². The molecule has 0 saturated heterocycles. The Morgan fingerprint density at radius 1 is 1.33 bits per heavy atom. The largest absolute Gasteiger partial charge is 0.496 e. The summed E-state index contributed by atoms with van der Waals surface area (Å²) < 4.78 is 19.6. The number of methoxy groups -OCH3 is 1. The van der Waals surface area contributed by atoms with Gasteiger partial charge in [-0.3, -0.25) is 11.3 Å². The van der Waals surface area contributed by atoms with Gasteiger partial charge in [0.25, 0.3) is 0 Å². The zero-order valence-electron chi connectivity index (χ0n) is 11.4. The lowest BCUT2D eigenvalue weighted by Gasteiger charge is -2.17. The number of ether oxygens (including phenoxy) is 1. The van der Waals surface area contributed by atoms with E-state index in [1.165, 1.54) is 12.1 Å². The third-order valence-corrected chi connectivity index (χ3v) is 4.13. The second kappa shape index (κ2) is 7.22. The summed E-state index contributed by atoms with van der Waals surface area (Å²) in [6.07, 6.45) is 0.611. The van der Waals surface area contributed by atoms with Crippen LogP contribution in [0.3, 0.4) is 0 Å². The van der Waals surface area contributed by atoms with Crippen LogP contribution in [0.4, 0.5) is 4.39 Å². The zero-order valence-corrected chi connectivity index (χ0v) is 13.7. The van der Waals surface area contributed by atoms with Crippen molar-refractivity contribution in [3.8, 4) is 5.75 Å². The number of nitrogens with two attached hydrogens (primary N) is 1. The van der Waals surface area contributed by atoms with Gasteiger partial charge in [-0.15, -0.1) is 0 Å². The zero-order chi connectivity index (χ0) is 15.4. The molecule has 0 amide bonds. The first-order valence-electron chi connectivity index (χ1n) is 6.28. The second-order valence-electron chi connectivity index (χ2n) is 4.57. The van der Waals surface area contributed by atoms with Gasteiger partial charge in [0, 0.05) is 0 Å². The van der Waals surface area contributed by atoms with E-state index in [0.717, 1.165) is 21.3 Å². The molecular formula is C15H15BrClFN2O. The SMILES string of the molecule is COc1ccc(CC(NN)c2ccc(Cl)c(F)c2)cc1Br. The lowest BCUT2D eigenvalue weighted by molar-refractivity contribution is 0.412. The Morgan fingerprint density at radius 3 is 2.67 bits per heavy atom. The Labute approximate surface area is 136 Å². The average molecular weight is 374 g/mol. The van der Waals surface area contributed by atoms with E-state index >= 15 is 0 Å². The standard InChI is InChI=1S/C15H15BrClFN2O/c1-21-15-5-2-9(6-11(15)16)7-14(20-19)10-3-4-12(17)13(18)8-10/h2-6,8,14,20H,7,19H2,1H3. The van der Waals surface area contributed by atoms with Crippen molar-refractivity contribution >= 4 is 27.5 Å². The molecule has 0 aliphatic carbocycles. The average Bonchev–Trinajstić information content (AvgIpc) is 2.48. The molecule has 0 spiro atoms. The van der Waals surface area contributed by atoms with Crippen LogP contribution in [0.15, 0.2) is 40.9 Å². The van der Waals surface area contributed by atoms with E-state index in [-0.39, 0.29) is 11.1 Å². The molecule has 6 heteroatoms. The van der Waals surface area contributed by atoms with Crippen LogP contribution in [-0.4, -0.2) is 7.11 Å². The molecule has 2 aromatic rings. The van der Waals surface area contributed by atoms with E-state index in [9.17, 15) is 4.39 Å². The third-order valence-electron chi connectivity index (χ3n) is 3.20. The highest BCUT2D eigenvalue weighted by Gasteiger charge is 2.13. The van der Waals surface area contributed by atoms with E-state index < -0.39 is 5.82 Å². The lowest BCUT2D eigenvalue weighted by Crippen LogP contribution is -2.29. The fourth-order valence-electron chi connectivity index (χ4n) is 2.07. The minimum absolute atomic E-state index is 0.0988. The normalized spacial score (nSPS) is 12.2. The van der Waals surface area contributed by atoms with Gasteiger partial charge in [-0.1, -0.05) is 23.7 Å². The van der Waals surface area contributed by atoms with Crippen molar-refractivity contribution in [2.75, 3.05) is 7.11 Å². The summed E-state index contributed by atoms with van der Waals surface area (Å²) in [6.45, 7) is 0. The predicted molar refractivity (Wildman–Crippen MR) is 85.9 cm³/mol. The minimum Gasteiger partial charge on any atom is -0.496 e. The van der Waals surface area contributed by atoms with E-state index in [4.69, 9.17) is 22.2 Å². The van der Waals surface area contributed by atoms with Crippen LogP contribution >= 0.6 is 27.5 Å². The maximum atomic E-state index is 13.6. The van der Waals surface area contributed by atoms with Gasteiger partial charge in [0.1, 0.15) is 11.6 Å². The number of hydrogen-bond donors (Lipinski definition) is 2. The highest BCUT2D eigenvalue weighted by atomic mass is 79.9. The summed E-state index contributed by atoms with van der Waals surface area (Å²) in [5.74, 6) is 5.90. The Morgan fingerprint density at radius 2 is 2.10 bits per heavy atom. The van der Waals surface area contributed by atoms with Gasteiger partial charge in [0.2, 0.25) is 0 Å². The lowest BCUT2D eigenvalue weighted by atomic mass is 9.99. The molecule has 0 saturated carbocycles. The van der Waals surface area contributed by atoms with Crippen molar-refractivity contribution in [3.05, 3.63) is 62.8 Å². The highest BCUT2D eigenvalue weighted by Crippen LogP contribution is 2.28. The smallest absolute Gasteiger partial charge is 0.142 e. The van der Waals surface area contributed by atoms with Crippen LogP contribution in [0.2, 0.25) is 5.02 Å². The van der Waals surface area contributed by atoms with Gasteiger partial charge in [-0.05, 0) is 57.7 Å². The number of hydrazine groups is 1. The van der Waals surface area contributed by atoms with E-state index in [0.29, 0.717) is 6.42 Å². The molecule has 112 valence electrons. The topological polar surface area (TPSA) is 47.3 Å². The van der Waals surface area contributed by atoms with Crippen LogP contribution in [0.5, 0.6) is 5.75 Å². The molecule has 3 nitrogen and oxygen atoms in total. The first-order chi connectivity index (χ1) is 10.0. The molecule has 0 radical (unpaired) electrons. The summed E-state index contributed by atoms with van der Waals surface area (Å²) in [5, 5.41) is 0.0988. The van der Waals surface area contributed by atoms with Crippen LogP contribution < -0.4 is 16.0 Å². The van der Waals surface area contributed by atoms with Crippen LogP contribution in [0, 0.1) is 5.82 Å². The maximum Gasteiger partial charge on any atom is 0.142 e. The molecule has 0 fully saturated rings. The monoisotopic (exact) mass is 372 g/mol. The first-order valence-corrected chi connectivity index (χ1v) is 7.45. The summed E-state index contributed by atoms with van der Waals surface area (Å²) >= 11 is 9.14. The van der Waals surface area contributed by atoms with Gasteiger partial charge in [0.05, 0.1) is 22.6 Å². The molecule has 1 unspecified atom stereocenters. The van der Waals surface area contributed by atoms with Crippen LogP contribution in [0.1, 0.15) is 17.2 Å². The Balaban J connectivity index is 2.22. The van der Waals surface area contributed by atoms with Crippen LogP contribution in [-0.2, 0) is 6.42 Å². The summed E-state index contributed by atoms with van der Waals surface area (Å²) in [5.41, 5.74) is 4.49. The molecule has 2 aromatic carbocycles. The Hall–Kier alpha value is -1.14. The summed E-state index contributed by atoms with van der Waals surface area (Å²) in [7, 11) is 1.61. The predicted octanol–water partition coefficient (Wildman–Crippen LogP) is 4.00. The molecule has 0 aliphatic heterocycles. The summed E-state index contributed by atoms with van der Waals surface area (Å²) in [6, 6.07) is 10.2. The highest BCUT2D eigenvalue weighted by molar-refractivity contribution is 9.10. The maximum absolute atomic E-state index is 13.6. The number of halogens is 3. The molecule has 0 aliphatic rings. The van der Waals surface area contributed by atoms with E-state index in [1.807, 2.05) is 18.2 Å². The third kappa shape index (κ3) is 3.95. The molecule has 1 atom stereocenters. The molecule has 2 rings (SSSR count). The van der Waals surface area contributed by atoms with Crippen molar-refractivity contribution < 1.29 is 9.13 Å². The Bertz CT molecular complexity index is 639. The van der Waals surface area contributed by atoms with E-state index in [1.54, 1.807) is 13.2 Å². The number of nitrogens with one attached hydrogen (secondary N) is 1. The van der Waals surface area contributed by atoms with Gasteiger partial charge >= 0.3 is 0 Å². The molecule has 3 N–H and O–H groups in total. The van der Waals surface area contributed by atoms with Crippen molar-refractivity contribution in [3.63, 3.8) is 0 Å². The van der Waals surface area contributed by atoms with Crippen LogP contribution in [0.25, 0.3) is 0 Å². The minimum atomic E-state index is -0.453. The molecular weight excluding hydrogens is 359 g/mol. The Kier molecular flexibility index (Phi) is 5.58. The van der Waals surface area contributed by atoms with Crippen molar-refractivity contribution in [1.82, 2.24) is 5.43 Å². The second-order valence-corrected chi connectivity index (χ2v) is 5.83. The van der Waals surface area contributed by atoms with Gasteiger partial charge < -0.3 is 4.74 Å². The van der Waals surface area contributed by atoms with Gasteiger partial charge in [-0.25, -0.2) is 4.39 Å².